The Morgan fingerprint density at radius 3 is 2.64 bits per heavy atom. The zero-order valence-corrected chi connectivity index (χ0v) is 17.5. The minimum Gasteiger partial charge on any atom is -0.459 e. The van der Waals surface area contributed by atoms with E-state index in [2.05, 4.69) is 10.6 Å². The topological polar surface area (TPSA) is 74.6 Å². The highest BCUT2D eigenvalue weighted by Gasteiger charge is 2.28. The lowest BCUT2D eigenvalue weighted by atomic mass is 10.0. The molecule has 2 aromatic heterocycles. The normalized spacial score (nSPS) is 17.2. The number of carbonyl (C=O) groups is 2. The van der Waals surface area contributed by atoms with E-state index in [0.717, 1.165) is 44.0 Å². The van der Waals surface area contributed by atoms with E-state index in [-0.39, 0.29) is 30.0 Å². The number of likely N-dealkylation sites (tertiary alicyclic amines) is 1. The highest BCUT2D eigenvalue weighted by molar-refractivity contribution is 7.18. The Morgan fingerprint density at radius 1 is 1.25 bits per heavy atom. The molecule has 28 heavy (non-hydrogen) atoms. The molecule has 0 unspecified atom stereocenters. The fraction of sp³-hybridized carbons (Fsp3) is 0.500. The van der Waals surface area contributed by atoms with E-state index in [1.165, 1.54) is 30.4 Å². The summed E-state index contributed by atoms with van der Waals surface area (Å²) < 4.78 is 5.11. The molecule has 3 heterocycles. The van der Waals surface area contributed by atoms with Gasteiger partial charge in [-0.15, -0.1) is 23.7 Å². The van der Waals surface area contributed by atoms with Crippen LogP contribution in [0, 0.1) is 12.8 Å². The molecule has 2 amide bonds. The number of nitrogens with one attached hydrogen (secondary N) is 2. The minimum atomic E-state index is -0.303. The van der Waals surface area contributed by atoms with Crippen molar-refractivity contribution in [1.29, 1.82) is 0 Å². The molecule has 1 aliphatic heterocycles. The molecular formula is C20H26ClN3O3S. The van der Waals surface area contributed by atoms with Crippen LogP contribution in [0.1, 0.15) is 51.5 Å². The molecule has 2 N–H and O–H groups in total. The maximum atomic E-state index is 12.9. The second-order valence-electron chi connectivity index (χ2n) is 7.47. The van der Waals surface area contributed by atoms with Crippen molar-refractivity contribution in [1.82, 2.24) is 10.2 Å². The summed E-state index contributed by atoms with van der Waals surface area (Å²) in [5, 5.41) is 7.12. The first-order valence-corrected chi connectivity index (χ1v) is 10.4. The van der Waals surface area contributed by atoms with Crippen molar-refractivity contribution in [2.24, 2.45) is 5.92 Å². The number of piperidine rings is 1. The van der Waals surface area contributed by atoms with E-state index >= 15 is 0 Å². The molecule has 2 aromatic rings. The number of amides is 2. The van der Waals surface area contributed by atoms with Gasteiger partial charge < -0.3 is 20.0 Å². The lowest BCUT2D eigenvalue weighted by Gasteiger charge is -2.32. The average Bonchev–Trinajstić information content (AvgIpc) is 3.19. The van der Waals surface area contributed by atoms with Gasteiger partial charge in [-0.05, 0) is 68.8 Å². The third-order valence-corrected chi connectivity index (χ3v) is 6.41. The summed E-state index contributed by atoms with van der Waals surface area (Å²) in [4.78, 5) is 27.7. The Kier molecular flexibility index (Phi) is 6.80. The molecule has 0 radical (unpaired) electrons. The Morgan fingerprint density at radius 2 is 2.00 bits per heavy atom. The number of aryl methyl sites for hydroxylation is 1. The molecule has 2 aliphatic rings. The smallest absolute Gasteiger partial charge is 0.291 e. The van der Waals surface area contributed by atoms with Gasteiger partial charge in [-0.1, -0.05) is 0 Å². The SMILES string of the molecule is Cc1cc(NC(=O)c2ccco2)sc1C(=O)N1CCC(NCC2CC2)CC1.Cl. The van der Waals surface area contributed by atoms with Gasteiger partial charge in [0.25, 0.3) is 11.8 Å². The van der Waals surface area contributed by atoms with Crippen molar-refractivity contribution in [2.45, 2.75) is 38.6 Å². The van der Waals surface area contributed by atoms with Crippen LogP contribution in [0.4, 0.5) is 5.00 Å². The van der Waals surface area contributed by atoms with Gasteiger partial charge in [-0.2, -0.15) is 0 Å². The molecule has 0 bridgehead atoms. The second-order valence-corrected chi connectivity index (χ2v) is 8.52. The molecule has 8 heteroatoms. The number of hydrogen-bond acceptors (Lipinski definition) is 5. The van der Waals surface area contributed by atoms with Gasteiger partial charge in [0.05, 0.1) is 16.1 Å². The first kappa shape index (κ1) is 20.9. The van der Waals surface area contributed by atoms with Gasteiger partial charge in [0.2, 0.25) is 0 Å². The molecule has 0 atom stereocenters. The number of thiophene rings is 1. The van der Waals surface area contributed by atoms with Crippen LogP contribution in [-0.4, -0.2) is 42.4 Å². The molecular weight excluding hydrogens is 398 g/mol. The Labute approximate surface area is 175 Å². The number of halogens is 1. The number of carbonyl (C=O) groups excluding carboxylic acids is 2. The fourth-order valence-corrected chi connectivity index (χ4v) is 4.46. The number of anilines is 1. The molecule has 4 rings (SSSR count). The minimum absolute atomic E-state index is 0. The van der Waals surface area contributed by atoms with Crippen LogP contribution in [0.15, 0.2) is 28.9 Å². The van der Waals surface area contributed by atoms with Crippen LogP contribution < -0.4 is 10.6 Å². The van der Waals surface area contributed by atoms with Crippen molar-refractivity contribution in [3.05, 3.63) is 40.7 Å². The molecule has 152 valence electrons. The standard InChI is InChI=1S/C20H25N3O3S.ClH/c1-13-11-17(22-19(24)16-3-2-10-26-16)27-18(13)20(25)23-8-6-15(7-9-23)21-12-14-4-5-14;/h2-3,10-11,14-15,21H,4-9,12H2,1H3,(H,22,24);1H. The summed E-state index contributed by atoms with van der Waals surface area (Å²) in [6, 6.07) is 5.67. The van der Waals surface area contributed by atoms with E-state index in [1.54, 1.807) is 12.1 Å². The Hall–Kier alpha value is -1.83. The van der Waals surface area contributed by atoms with E-state index in [9.17, 15) is 9.59 Å². The van der Waals surface area contributed by atoms with Crippen LogP contribution in [-0.2, 0) is 0 Å². The summed E-state index contributed by atoms with van der Waals surface area (Å²) in [7, 11) is 0. The van der Waals surface area contributed by atoms with Crippen LogP contribution in [0.3, 0.4) is 0 Å². The van der Waals surface area contributed by atoms with Crippen molar-refractivity contribution in [2.75, 3.05) is 25.0 Å². The molecule has 1 saturated carbocycles. The quantitative estimate of drug-likeness (QED) is 0.738. The van der Waals surface area contributed by atoms with Crippen LogP contribution in [0.2, 0.25) is 0 Å². The van der Waals surface area contributed by atoms with Gasteiger partial charge in [0, 0.05) is 19.1 Å². The highest BCUT2D eigenvalue weighted by Crippen LogP contribution is 2.30. The maximum Gasteiger partial charge on any atom is 0.291 e. The van der Waals surface area contributed by atoms with E-state index < -0.39 is 0 Å². The van der Waals surface area contributed by atoms with Crippen molar-refractivity contribution in [3.63, 3.8) is 0 Å². The summed E-state index contributed by atoms with van der Waals surface area (Å²) in [5.74, 6) is 0.905. The van der Waals surface area contributed by atoms with Crippen molar-refractivity contribution < 1.29 is 14.0 Å². The van der Waals surface area contributed by atoms with Crippen LogP contribution in [0.5, 0.6) is 0 Å². The zero-order valence-electron chi connectivity index (χ0n) is 15.9. The predicted molar refractivity (Wildman–Crippen MR) is 113 cm³/mol. The van der Waals surface area contributed by atoms with Gasteiger partial charge in [0.15, 0.2) is 5.76 Å². The van der Waals surface area contributed by atoms with Crippen molar-refractivity contribution >= 4 is 40.6 Å². The monoisotopic (exact) mass is 423 g/mol. The number of nitrogens with zero attached hydrogens (tertiary/aromatic N) is 1. The molecule has 0 aromatic carbocycles. The molecule has 0 spiro atoms. The maximum absolute atomic E-state index is 12.9. The molecule has 2 fully saturated rings. The fourth-order valence-electron chi connectivity index (χ4n) is 3.42. The van der Waals surface area contributed by atoms with Gasteiger partial charge in [-0.25, -0.2) is 0 Å². The Bertz CT molecular complexity index is 809. The highest BCUT2D eigenvalue weighted by atomic mass is 35.5. The summed E-state index contributed by atoms with van der Waals surface area (Å²) in [6.07, 6.45) is 6.20. The lowest BCUT2D eigenvalue weighted by molar-refractivity contribution is 0.0709. The Balaban J connectivity index is 0.00000225. The summed E-state index contributed by atoms with van der Waals surface area (Å²) in [5.41, 5.74) is 0.897. The zero-order chi connectivity index (χ0) is 18.8. The third kappa shape index (κ3) is 4.96. The molecule has 1 aliphatic carbocycles. The number of furan rings is 1. The average molecular weight is 424 g/mol. The largest absolute Gasteiger partial charge is 0.459 e. The van der Waals surface area contributed by atoms with E-state index in [0.29, 0.717) is 15.9 Å². The number of rotatable bonds is 6. The first-order chi connectivity index (χ1) is 13.1. The lowest BCUT2D eigenvalue weighted by Crippen LogP contribution is -2.45. The number of hydrogen-bond donors (Lipinski definition) is 2. The molecule has 1 saturated heterocycles. The van der Waals surface area contributed by atoms with Crippen LogP contribution in [0.25, 0.3) is 0 Å². The molecule has 6 nitrogen and oxygen atoms in total. The van der Waals surface area contributed by atoms with Crippen molar-refractivity contribution in [3.8, 4) is 0 Å². The summed E-state index contributed by atoms with van der Waals surface area (Å²) >= 11 is 1.33. The van der Waals surface area contributed by atoms with E-state index in [4.69, 9.17) is 4.42 Å². The summed E-state index contributed by atoms with van der Waals surface area (Å²) in [6.45, 7) is 4.61. The van der Waals surface area contributed by atoms with Crippen LogP contribution >= 0.6 is 23.7 Å². The van der Waals surface area contributed by atoms with Gasteiger partial charge in [-0.3, -0.25) is 9.59 Å². The first-order valence-electron chi connectivity index (χ1n) is 9.58. The second kappa shape index (κ2) is 9.11. The third-order valence-electron chi connectivity index (χ3n) is 5.27. The van der Waals surface area contributed by atoms with E-state index in [1.807, 2.05) is 17.9 Å². The predicted octanol–water partition coefficient (Wildman–Crippen LogP) is 3.93. The van der Waals surface area contributed by atoms with Gasteiger partial charge in [0.1, 0.15) is 0 Å². The van der Waals surface area contributed by atoms with Gasteiger partial charge >= 0.3 is 0 Å².